The van der Waals surface area contributed by atoms with E-state index in [0.29, 0.717) is 10.8 Å². The SMILES string of the molecule is Cc1csc(-c2nnc(S(=O)(=O)Cl)n2C2CC2)c1Cl. The fraction of sp³-hybridized carbons (Fsp3) is 0.400. The van der Waals surface area contributed by atoms with Crippen molar-refractivity contribution in [2.45, 2.75) is 31.0 Å². The lowest BCUT2D eigenvalue weighted by Crippen LogP contribution is -2.05. The zero-order valence-corrected chi connectivity index (χ0v) is 12.9. The van der Waals surface area contributed by atoms with E-state index in [-0.39, 0.29) is 11.2 Å². The molecule has 3 rings (SSSR count). The second-order valence-corrected chi connectivity index (χ2v) is 8.12. The molecule has 1 aliphatic rings. The molecule has 1 aliphatic carbocycles. The molecule has 2 aromatic rings. The Labute approximate surface area is 123 Å². The topological polar surface area (TPSA) is 64.8 Å². The number of hydrogen-bond acceptors (Lipinski definition) is 5. The summed E-state index contributed by atoms with van der Waals surface area (Å²) in [7, 11) is 1.49. The molecule has 1 fully saturated rings. The summed E-state index contributed by atoms with van der Waals surface area (Å²) in [5, 5.41) is 9.96. The van der Waals surface area contributed by atoms with Crippen LogP contribution in [-0.4, -0.2) is 23.2 Å². The summed E-state index contributed by atoms with van der Waals surface area (Å²) >= 11 is 7.63. The van der Waals surface area contributed by atoms with Gasteiger partial charge in [0.25, 0.3) is 14.2 Å². The number of aromatic nitrogens is 3. The van der Waals surface area contributed by atoms with Gasteiger partial charge in [0.05, 0.1) is 9.90 Å². The third-order valence-electron chi connectivity index (χ3n) is 2.90. The average Bonchev–Trinajstić information content (AvgIpc) is 2.98. The van der Waals surface area contributed by atoms with Crippen LogP contribution in [0.2, 0.25) is 5.02 Å². The molecule has 102 valence electrons. The first-order valence-electron chi connectivity index (χ1n) is 5.53. The van der Waals surface area contributed by atoms with Gasteiger partial charge in [-0.1, -0.05) is 11.6 Å². The third kappa shape index (κ3) is 2.29. The van der Waals surface area contributed by atoms with E-state index in [2.05, 4.69) is 10.2 Å². The standard InChI is InChI=1S/C10H9Cl2N3O2S2/c1-5-4-18-8(7(5)11)9-13-14-10(19(12,16)17)15(9)6-2-3-6/h4,6H,2-3H2,1H3. The average molecular weight is 338 g/mol. The second kappa shape index (κ2) is 4.44. The highest BCUT2D eigenvalue weighted by atomic mass is 35.7. The Kier molecular flexibility index (Phi) is 3.12. The van der Waals surface area contributed by atoms with Crippen LogP contribution in [0.3, 0.4) is 0 Å². The maximum atomic E-state index is 11.5. The van der Waals surface area contributed by atoms with Gasteiger partial charge in [0.1, 0.15) is 0 Å². The zero-order chi connectivity index (χ0) is 13.8. The van der Waals surface area contributed by atoms with Crippen LogP contribution in [0.15, 0.2) is 10.5 Å². The van der Waals surface area contributed by atoms with Crippen molar-refractivity contribution in [1.82, 2.24) is 14.8 Å². The van der Waals surface area contributed by atoms with Gasteiger partial charge in [0.2, 0.25) is 0 Å². The van der Waals surface area contributed by atoms with Crippen LogP contribution in [-0.2, 0) is 9.05 Å². The van der Waals surface area contributed by atoms with E-state index in [1.165, 1.54) is 11.3 Å². The Morgan fingerprint density at radius 3 is 2.58 bits per heavy atom. The number of rotatable bonds is 3. The number of aryl methyl sites for hydroxylation is 1. The molecule has 9 heteroatoms. The highest BCUT2D eigenvalue weighted by molar-refractivity contribution is 8.13. The molecule has 0 radical (unpaired) electrons. The molecule has 0 amide bonds. The van der Waals surface area contributed by atoms with Crippen LogP contribution in [0.1, 0.15) is 24.4 Å². The van der Waals surface area contributed by atoms with Crippen LogP contribution in [0, 0.1) is 6.92 Å². The van der Waals surface area contributed by atoms with E-state index in [9.17, 15) is 8.42 Å². The van der Waals surface area contributed by atoms with E-state index in [4.69, 9.17) is 22.3 Å². The molecule has 19 heavy (non-hydrogen) atoms. The van der Waals surface area contributed by atoms with Gasteiger partial charge in [-0.15, -0.1) is 21.5 Å². The Balaban J connectivity index is 2.23. The van der Waals surface area contributed by atoms with E-state index in [1.54, 1.807) is 4.57 Å². The lowest BCUT2D eigenvalue weighted by molar-refractivity contribution is 0.579. The lowest BCUT2D eigenvalue weighted by atomic mass is 10.3. The highest BCUT2D eigenvalue weighted by Crippen LogP contribution is 2.43. The number of thiophene rings is 1. The van der Waals surface area contributed by atoms with Crippen LogP contribution in [0.5, 0.6) is 0 Å². The minimum absolute atomic E-state index is 0.0898. The number of halogens is 2. The van der Waals surface area contributed by atoms with Crippen LogP contribution < -0.4 is 0 Å². The fourth-order valence-electron chi connectivity index (χ4n) is 1.84. The summed E-state index contributed by atoms with van der Waals surface area (Å²) in [5.41, 5.74) is 0.933. The molecule has 0 spiro atoms. The molecule has 2 heterocycles. The maximum Gasteiger partial charge on any atom is 0.296 e. The van der Waals surface area contributed by atoms with Gasteiger partial charge in [-0.05, 0) is 30.7 Å². The van der Waals surface area contributed by atoms with E-state index in [1.807, 2.05) is 12.3 Å². The third-order valence-corrected chi connectivity index (χ3v) is 5.72. The molecule has 0 saturated heterocycles. The van der Waals surface area contributed by atoms with Crippen molar-refractivity contribution in [3.63, 3.8) is 0 Å². The van der Waals surface area contributed by atoms with Gasteiger partial charge < -0.3 is 0 Å². The maximum absolute atomic E-state index is 11.5. The zero-order valence-electron chi connectivity index (χ0n) is 9.80. The van der Waals surface area contributed by atoms with Gasteiger partial charge in [0.15, 0.2) is 5.82 Å². The number of nitrogens with zero attached hydrogens (tertiary/aromatic N) is 3. The molecule has 0 unspecified atom stereocenters. The first kappa shape index (κ1) is 13.4. The van der Waals surface area contributed by atoms with Crippen molar-refractivity contribution in [3.8, 4) is 10.7 Å². The monoisotopic (exact) mass is 337 g/mol. The first-order chi connectivity index (χ1) is 8.89. The lowest BCUT2D eigenvalue weighted by Gasteiger charge is -2.06. The molecule has 0 aliphatic heterocycles. The van der Waals surface area contributed by atoms with Crippen molar-refractivity contribution in [2.75, 3.05) is 0 Å². The van der Waals surface area contributed by atoms with Crippen molar-refractivity contribution >= 4 is 42.7 Å². The largest absolute Gasteiger partial charge is 0.296 e. The number of hydrogen-bond donors (Lipinski definition) is 0. The molecule has 0 bridgehead atoms. The van der Waals surface area contributed by atoms with Gasteiger partial charge in [-0.25, -0.2) is 8.42 Å². The van der Waals surface area contributed by atoms with Crippen LogP contribution in [0.4, 0.5) is 0 Å². The molecule has 1 saturated carbocycles. The Morgan fingerprint density at radius 2 is 2.11 bits per heavy atom. The van der Waals surface area contributed by atoms with E-state index >= 15 is 0 Å². The van der Waals surface area contributed by atoms with Crippen molar-refractivity contribution < 1.29 is 8.42 Å². The molecular formula is C10H9Cl2N3O2S2. The van der Waals surface area contributed by atoms with E-state index < -0.39 is 9.05 Å². The minimum Gasteiger partial charge on any atom is -0.293 e. The minimum atomic E-state index is -3.91. The summed E-state index contributed by atoms with van der Waals surface area (Å²) in [5.74, 6) is 0.477. The predicted molar refractivity (Wildman–Crippen MR) is 74.4 cm³/mol. The molecule has 0 aromatic carbocycles. The predicted octanol–water partition coefficient (Wildman–Crippen LogP) is 3.23. The quantitative estimate of drug-likeness (QED) is 0.806. The van der Waals surface area contributed by atoms with Crippen molar-refractivity contribution in [1.29, 1.82) is 0 Å². The second-order valence-electron chi connectivity index (χ2n) is 4.41. The Morgan fingerprint density at radius 1 is 1.42 bits per heavy atom. The van der Waals surface area contributed by atoms with Gasteiger partial charge in [-0.2, -0.15) is 0 Å². The summed E-state index contributed by atoms with van der Waals surface area (Å²) in [6, 6.07) is 0.0898. The Hall–Kier alpha value is -0.630. The van der Waals surface area contributed by atoms with Gasteiger partial charge in [0, 0.05) is 16.7 Å². The molecule has 0 atom stereocenters. The highest BCUT2D eigenvalue weighted by Gasteiger charge is 2.35. The summed E-state index contributed by atoms with van der Waals surface area (Å²) in [6.07, 6.45) is 1.79. The van der Waals surface area contributed by atoms with E-state index in [0.717, 1.165) is 23.3 Å². The van der Waals surface area contributed by atoms with Crippen LogP contribution >= 0.6 is 33.6 Å². The van der Waals surface area contributed by atoms with Crippen LogP contribution in [0.25, 0.3) is 10.7 Å². The fourth-order valence-corrected chi connectivity index (χ4v) is 4.02. The van der Waals surface area contributed by atoms with Crippen molar-refractivity contribution in [3.05, 3.63) is 16.0 Å². The first-order valence-corrected chi connectivity index (χ1v) is 9.10. The van der Waals surface area contributed by atoms with Crippen molar-refractivity contribution in [2.24, 2.45) is 0 Å². The molecule has 2 aromatic heterocycles. The molecule has 5 nitrogen and oxygen atoms in total. The Bertz CT molecular complexity index is 747. The normalized spacial score (nSPS) is 15.9. The van der Waals surface area contributed by atoms with Gasteiger partial charge >= 0.3 is 0 Å². The summed E-state index contributed by atoms with van der Waals surface area (Å²) < 4.78 is 24.6. The molecular weight excluding hydrogens is 329 g/mol. The smallest absolute Gasteiger partial charge is 0.293 e. The molecule has 0 N–H and O–H groups in total. The summed E-state index contributed by atoms with van der Waals surface area (Å²) in [4.78, 5) is 0.727. The van der Waals surface area contributed by atoms with Gasteiger partial charge in [-0.3, -0.25) is 4.57 Å². The summed E-state index contributed by atoms with van der Waals surface area (Å²) in [6.45, 7) is 1.89.